The van der Waals surface area contributed by atoms with E-state index in [0.717, 1.165) is 0 Å². The Balaban J connectivity index is 1.74. The Bertz CT molecular complexity index is 1150. The monoisotopic (exact) mass is 503 g/mol. The number of nitrogens with one attached hydrogen (secondary N) is 1. The van der Waals surface area contributed by atoms with E-state index in [0.29, 0.717) is 39.9 Å². The number of aromatic nitrogens is 3. The van der Waals surface area contributed by atoms with Gasteiger partial charge in [-0.1, -0.05) is 49.3 Å². The van der Waals surface area contributed by atoms with Crippen molar-refractivity contribution in [1.29, 1.82) is 0 Å². The highest BCUT2D eigenvalue weighted by atomic mass is 35.5. The first-order valence-electron chi connectivity index (χ1n) is 10.7. The maximum Gasteiger partial charge on any atom is 0.269 e. The Morgan fingerprint density at radius 1 is 1.15 bits per heavy atom. The minimum atomic E-state index is -0.488. The Hall–Kier alpha value is -3.11. The van der Waals surface area contributed by atoms with Gasteiger partial charge in [-0.3, -0.25) is 14.9 Å². The van der Waals surface area contributed by atoms with Crippen LogP contribution in [0.3, 0.4) is 0 Å². The normalized spacial score (nSPS) is 12.9. The molecule has 1 N–H and O–H groups in total. The highest BCUT2D eigenvalue weighted by Crippen LogP contribution is 2.31. The summed E-state index contributed by atoms with van der Waals surface area (Å²) in [6.45, 7) is 8.47. The van der Waals surface area contributed by atoms with Gasteiger partial charge in [-0.15, -0.1) is 10.2 Å². The molecule has 2 aromatic carbocycles. The van der Waals surface area contributed by atoms with E-state index in [4.69, 9.17) is 16.3 Å². The molecule has 0 aliphatic carbocycles. The van der Waals surface area contributed by atoms with Gasteiger partial charge in [0.1, 0.15) is 5.75 Å². The number of para-hydroxylation sites is 1. The lowest BCUT2D eigenvalue weighted by Gasteiger charge is -2.19. The molecular formula is C23H26ClN5O4S. The van der Waals surface area contributed by atoms with E-state index >= 15 is 0 Å². The molecule has 0 fully saturated rings. The quantitative estimate of drug-likeness (QED) is 0.213. The molecule has 0 saturated carbocycles. The van der Waals surface area contributed by atoms with Crippen LogP contribution in [0, 0.1) is 16.0 Å². The fraction of sp³-hybridized carbons (Fsp3) is 0.348. The van der Waals surface area contributed by atoms with Crippen LogP contribution in [0.15, 0.2) is 53.7 Å². The van der Waals surface area contributed by atoms with Crippen LogP contribution in [-0.4, -0.2) is 30.8 Å². The molecule has 0 radical (unpaired) electrons. The maximum atomic E-state index is 12.7. The topological polar surface area (TPSA) is 112 Å². The number of halogens is 1. The number of nitrogens with zero attached hydrogens (tertiary/aromatic N) is 4. The molecule has 0 saturated heterocycles. The van der Waals surface area contributed by atoms with Gasteiger partial charge in [0.2, 0.25) is 5.91 Å². The summed E-state index contributed by atoms with van der Waals surface area (Å²) in [5.41, 5.74) is 0.442. The Morgan fingerprint density at radius 3 is 2.44 bits per heavy atom. The van der Waals surface area contributed by atoms with E-state index in [1.807, 2.05) is 23.6 Å². The summed E-state index contributed by atoms with van der Waals surface area (Å²) in [6, 6.07) is 12.9. The van der Waals surface area contributed by atoms with Gasteiger partial charge in [0.15, 0.2) is 17.1 Å². The molecular weight excluding hydrogens is 478 g/mol. The van der Waals surface area contributed by atoms with Crippen LogP contribution in [0.1, 0.15) is 39.6 Å². The van der Waals surface area contributed by atoms with Crippen molar-refractivity contribution in [2.75, 3.05) is 5.32 Å². The van der Waals surface area contributed by atoms with Crippen LogP contribution in [0.25, 0.3) is 0 Å². The smallest absolute Gasteiger partial charge is 0.269 e. The number of nitro benzene ring substituents is 1. The zero-order valence-electron chi connectivity index (χ0n) is 19.3. The van der Waals surface area contributed by atoms with Gasteiger partial charge in [0.05, 0.1) is 15.2 Å². The lowest BCUT2D eigenvalue weighted by molar-refractivity contribution is -0.384. The average molecular weight is 504 g/mol. The van der Waals surface area contributed by atoms with Crippen molar-refractivity contribution in [1.82, 2.24) is 14.8 Å². The van der Waals surface area contributed by atoms with Gasteiger partial charge >= 0.3 is 0 Å². The molecule has 0 spiro atoms. The fourth-order valence-corrected chi connectivity index (χ4v) is 4.18. The molecule has 0 bridgehead atoms. The molecule has 0 aliphatic heterocycles. The van der Waals surface area contributed by atoms with Gasteiger partial charge in [-0.25, -0.2) is 0 Å². The molecule has 3 rings (SSSR count). The van der Waals surface area contributed by atoms with Gasteiger partial charge in [0, 0.05) is 24.4 Å². The summed E-state index contributed by atoms with van der Waals surface area (Å²) in [6.07, 6.45) is -0.412. The fourth-order valence-electron chi connectivity index (χ4n) is 3.13. The van der Waals surface area contributed by atoms with E-state index in [9.17, 15) is 14.9 Å². The number of carbonyl (C=O) groups excluding carboxylic acids is 1. The largest absolute Gasteiger partial charge is 0.481 e. The number of carbonyl (C=O) groups is 1. The summed E-state index contributed by atoms with van der Waals surface area (Å²) in [5, 5.41) is 22.9. The van der Waals surface area contributed by atoms with Gasteiger partial charge < -0.3 is 14.6 Å². The summed E-state index contributed by atoms with van der Waals surface area (Å²) in [7, 11) is 0. The first-order valence-corrected chi connectivity index (χ1v) is 12.0. The first-order chi connectivity index (χ1) is 16.2. The second-order valence-corrected chi connectivity index (χ2v) is 9.80. The van der Waals surface area contributed by atoms with Crippen molar-refractivity contribution in [3.63, 3.8) is 0 Å². The van der Waals surface area contributed by atoms with E-state index in [1.54, 1.807) is 19.1 Å². The number of nitro groups is 1. The molecule has 180 valence electrons. The van der Waals surface area contributed by atoms with Gasteiger partial charge in [-0.2, -0.15) is 0 Å². The Morgan fingerprint density at radius 2 is 1.82 bits per heavy atom. The molecule has 34 heavy (non-hydrogen) atoms. The minimum Gasteiger partial charge on any atom is -0.481 e. The number of thioether (sulfide) groups is 1. The number of non-ortho nitro benzene ring substituents is 1. The predicted octanol–water partition coefficient (Wildman–Crippen LogP) is 5.76. The number of hydrogen-bond donors (Lipinski definition) is 1. The van der Waals surface area contributed by atoms with Crippen molar-refractivity contribution in [3.05, 3.63) is 69.5 Å². The predicted molar refractivity (Wildman–Crippen MR) is 132 cm³/mol. The molecule has 3 aromatic rings. The summed E-state index contributed by atoms with van der Waals surface area (Å²) >= 11 is 7.51. The number of anilines is 1. The number of benzene rings is 2. The van der Waals surface area contributed by atoms with Crippen molar-refractivity contribution in [3.8, 4) is 5.75 Å². The van der Waals surface area contributed by atoms with Crippen LogP contribution < -0.4 is 10.1 Å². The number of amides is 1. The molecule has 9 nitrogen and oxygen atoms in total. The van der Waals surface area contributed by atoms with Crippen molar-refractivity contribution in [2.45, 2.75) is 50.8 Å². The highest BCUT2D eigenvalue weighted by Gasteiger charge is 2.24. The third-order valence-corrected chi connectivity index (χ3v) is 6.19. The van der Waals surface area contributed by atoms with Crippen molar-refractivity contribution < 1.29 is 14.5 Å². The number of hydrogen-bond acceptors (Lipinski definition) is 7. The Kier molecular flexibility index (Phi) is 8.51. The third-order valence-electron chi connectivity index (χ3n) is 4.79. The number of ether oxygens (including phenoxy) is 1. The lowest BCUT2D eigenvalue weighted by Crippen LogP contribution is -2.23. The standard InChI is InChI=1S/C23H26ClN5O4S/c1-14(2)13-28-21(15(3)33-20-8-6-5-7-19(20)24)26-27-23(28)34-16(4)22(30)25-17-9-11-18(12-10-17)29(31)32/h5-12,14-16H,13H2,1-4H3,(H,25,30). The minimum absolute atomic E-state index is 0.0390. The van der Waals surface area contributed by atoms with E-state index < -0.39 is 16.3 Å². The van der Waals surface area contributed by atoms with Crippen LogP contribution in [0.2, 0.25) is 5.02 Å². The molecule has 1 amide bonds. The van der Waals surface area contributed by atoms with Gasteiger partial charge in [0.25, 0.3) is 5.69 Å². The second-order valence-electron chi connectivity index (χ2n) is 8.09. The zero-order chi connectivity index (χ0) is 24.8. The van der Waals surface area contributed by atoms with Crippen LogP contribution >= 0.6 is 23.4 Å². The van der Waals surface area contributed by atoms with Crippen molar-refractivity contribution >= 4 is 40.6 Å². The van der Waals surface area contributed by atoms with Crippen LogP contribution in [0.4, 0.5) is 11.4 Å². The molecule has 1 heterocycles. The first kappa shape index (κ1) is 25.5. The maximum absolute atomic E-state index is 12.7. The van der Waals surface area contributed by atoms with E-state index in [1.165, 1.54) is 36.0 Å². The lowest BCUT2D eigenvalue weighted by atomic mass is 10.2. The number of rotatable bonds is 10. The molecule has 2 unspecified atom stereocenters. The van der Waals surface area contributed by atoms with Gasteiger partial charge in [-0.05, 0) is 44.0 Å². The van der Waals surface area contributed by atoms with E-state index in [-0.39, 0.29) is 11.6 Å². The summed E-state index contributed by atoms with van der Waals surface area (Å²) in [4.78, 5) is 23.0. The summed E-state index contributed by atoms with van der Waals surface area (Å²) in [5.74, 6) is 1.26. The summed E-state index contributed by atoms with van der Waals surface area (Å²) < 4.78 is 8.00. The van der Waals surface area contributed by atoms with Crippen LogP contribution in [-0.2, 0) is 11.3 Å². The van der Waals surface area contributed by atoms with E-state index in [2.05, 4.69) is 29.4 Å². The molecule has 2 atom stereocenters. The highest BCUT2D eigenvalue weighted by molar-refractivity contribution is 8.00. The second kappa shape index (κ2) is 11.3. The molecule has 1 aromatic heterocycles. The third kappa shape index (κ3) is 6.48. The average Bonchev–Trinajstić information content (AvgIpc) is 3.17. The molecule has 11 heteroatoms. The Labute approximate surface area is 207 Å². The SMILES string of the molecule is CC(C)Cn1c(SC(C)C(=O)Nc2ccc([N+](=O)[O-])cc2)nnc1C(C)Oc1ccccc1Cl. The van der Waals surface area contributed by atoms with Crippen LogP contribution in [0.5, 0.6) is 5.75 Å². The molecule has 0 aliphatic rings. The van der Waals surface area contributed by atoms with Crippen molar-refractivity contribution in [2.24, 2.45) is 5.92 Å². The zero-order valence-corrected chi connectivity index (χ0v) is 20.8.